The number of hydrogen-bond acceptors (Lipinski definition) is 6. The van der Waals surface area contributed by atoms with E-state index in [4.69, 9.17) is 15.0 Å². The molecule has 0 fully saturated rings. The molecule has 0 aliphatic carbocycles. The van der Waals surface area contributed by atoms with Crippen molar-refractivity contribution < 1.29 is 0 Å². The number of pyridine rings is 3. The molecular weight excluding hydrogens is 1740 g/mol. The molecule has 12 nitrogen and oxygen atoms in total. The number of rotatable bonds is 9. The predicted molar refractivity (Wildman–Crippen MR) is 603 cm³/mol. The van der Waals surface area contributed by atoms with E-state index >= 15 is 0 Å². The van der Waals surface area contributed by atoms with Crippen LogP contribution in [0.2, 0.25) is 0 Å². The molecule has 0 aliphatic heterocycles. The van der Waals surface area contributed by atoms with Crippen molar-refractivity contribution in [3.8, 4) is 86.1 Å². The van der Waals surface area contributed by atoms with E-state index in [1.165, 1.54) is 109 Å². The number of aryl methyl sites for hydroxylation is 4. The van der Waals surface area contributed by atoms with Crippen molar-refractivity contribution in [2.45, 2.75) is 155 Å². The topological polar surface area (TPSA) is 140 Å². The molecule has 0 saturated carbocycles. The summed E-state index contributed by atoms with van der Waals surface area (Å²) in [5.74, 6) is 2.44. The third-order valence-electron chi connectivity index (χ3n) is 28.3. The fourth-order valence-electron chi connectivity index (χ4n) is 21.1. The summed E-state index contributed by atoms with van der Waals surface area (Å²) in [6.07, 6.45) is 5.98. The van der Waals surface area contributed by atoms with Crippen molar-refractivity contribution in [3.05, 3.63) is 413 Å². The van der Waals surface area contributed by atoms with Crippen LogP contribution in [0, 0.1) is 61.7 Å². The van der Waals surface area contributed by atoms with Gasteiger partial charge < -0.3 is 13.7 Å². The van der Waals surface area contributed by atoms with E-state index in [0.717, 1.165) is 134 Å². The number of hydrogen-bond donors (Lipinski definition) is 0. The van der Waals surface area contributed by atoms with Gasteiger partial charge in [-0.1, -0.05) is 316 Å². The number of para-hydroxylation sites is 4. The highest BCUT2D eigenvalue weighted by Crippen LogP contribution is 2.48. The second kappa shape index (κ2) is 36.3. The molecule has 0 aliphatic rings. The Hall–Kier alpha value is -17.0. The molecule has 15 aromatic carbocycles. The quantitative estimate of drug-likeness (QED) is 0.141. The lowest BCUT2D eigenvalue weighted by atomic mass is 9.86. The summed E-state index contributed by atoms with van der Waals surface area (Å²) >= 11 is 0. The third-order valence-corrected chi connectivity index (χ3v) is 28.3. The summed E-state index contributed by atoms with van der Waals surface area (Å²) in [6, 6.07) is 126. The molecule has 9 aromatic heterocycles. The van der Waals surface area contributed by atoms with Crippen LogP contribution < -0.4 is 0 Å². The van der Waals surface area contributed by atoms with Gasteiger partial charge in [0.15, 0.2) is 0 Å². The lowest BCUT2D eigenvalue weighted by molar-refractivity contribution is 0.590. The monoisotopic (exact) mass is 1860 g/mol. The molecule has 143 heavy (non-hydrogen) atoms. The molecule has 0 amide bonds. The molecule has 0 unspecified atom stereocenters. The van der Waals surface area contributed by atoms with E-state index in [-0.39, 0.29) is 43.9 Å². The van der Waals surface area contributed by atoms with Gasteiger partial charge in [-0.3, -0.25) is 13.7 Å². The number of aromatic nitrogens is 9. The lowest BCUT2D eigenvalue weighted by Gasteiger charge is -2.21. The van der Waals surface area contributed by atoms with Crippen molar-refractivity contribution in [2.24, 2.45) is 0 Å². The van der Waals surface area contributed by atoms with Crippen molar-refractivity contribution >= 4 is 131 Å². The fraction of sp³-hybridized carbons (Fsp3) is 0.176. The zero-order valence-corrected chi connectivity index (χ0v) is 81.9. The minimum atomic E-state index is -0.0176. The minimum Gasteiger partial charge on any atom is -0.307 e. The number of fused-ring (bicyclic) bond motifs is 18. The Morgan fingerprint density at radius 1 is 0.196 bits per heavy atom. The average molecular weight is 1860 g/mol. The molecule has 0 N–H and O–H groups in total. The van der Waals surface area contributed by atoms with Crippen LogP contribution in [0.1, 0.15) is 167 Å². The predicted octanol–water partition coefficient (Wildman–Crippen LogP) is 34.8. The maximum absolute atomic E-state index is 10.3. The van der Waals surface area contributed by atoms with Gasteiger partial charge in [0.25, 0.3) is 0 Å². The van der Waals surface area contributed by atoms with Crippen LogP contribution in [0.4, 0.5) is 0 Å². The van der Waals surface area contributed by atoms with Crippen LogP contribution >= 0.6 is 0 Å². The van der Waals surface area contributed by atoms with Crippen LogP contribution in [0.25, 0.3) is 199 Å². The molecule has 24 rings (SSSR count). The summed E-state index contributed by atoms with van der Waals surface area (Å²) in [5.41, 5.74) is 33.6. The highest BCUT2D eigenvalue weighted by atomic mass is 15.1. The molecule has 0 saturated heterocycles. The van der Waals surface area contributed by atoms with E-state index in [2.05, 4.69) is 423 Å². The smallest absolute Gasteiger partial charge is 0.138 e. The highest BCUT2D eigenvalue weighted by molar-refractivity contribution is 6.16. The van der Waals surface area contributed by atoms with Gasteiger partial charge in [0.1, 0.15) is 17.5 Å². The van der Waals surface area contributed by atoms with Gasteiger partial charge in [0, 0.05) is 98.0 Å². The molecule has 0 radical (unpaired) electrons. The van der Waals surface area contributed by atoms with Crippen LogP contribution in [0.5, 0.6) is 0 Å². The first-order valence-corrected chi connectivity index (χ1v) is 48.2. The molecular formula is C131H118N12. The Labute approximate surface area is 837 Å². The van der Waals surface area contributed by atoms with Crippen molar-refractivity contribution in [3.63, 3.8) is 0 Å². The Morgan fingerprint density at radius 3 is 0.706 bits per heavy atom. The second-order valence-electron chi connectivity index (χ2n) is 41.7. The normalized spacial score (nSPS) is 11.9. The summed E-state index contributed by atoms with van der Waals surface area (Å²) < 4.78 is 13.8. The third kappa shape index (κ3) is 16.3. The van der Waals surface area contributed by atoms with E-state index in [1.807, 2.05) is 85.3 Å². The average Bonchev–Trinajstić information content (AvgIpc) is 1.57. The van der Waals surface area contributed by atoms with Gasteiger partial charge in [0.2, 0.25) is 0 Å². The van der Waals surface area contributed by atoms with Gasteiger partial charge >= 0.3 is 0 Å². The molecule has 0 atom stereocenters. The van der Waals surface area contributed by atoms with E-state index in [0.29, 0.717) is 16.7 Å². The summed E-state index contributed by atoms with van der Waals surface area (Å²) in [4.78, 5) is 15.6. The van der Waals surface area contributed by atoms with Crippen molar-refractivity contribution in [2.75, 3.05) is 0 Å². The number of nitriles is 3. The first-order valence-electron chi connectivity index (χ1n) is 48.2. The Balaban J connectivity index is 0.000000135. The zero-order valence-electron chi connectivity index (χ0n) is 81.9. The standard InChI is InChI=1S/2C44H38N4.C40H30N4.3CH4/c1-43(2,3)29-19-21-39-34(23-29)32-15-9-11-17-37(32)47(39)41-27-46-42(25-36(41)31-14-8-7-13-28(31)26-45)48-38-18-12-10-16-33(38)35-24-30(44(4,5)6)20-22-40(35)48;1-43(2,3)29-19-21-34-32-15-9-11-17-37(32)47(39(34)23-29)41-27-46-42(25-36(41)31-14-8-7-13-28(31)26-45)48-38-18-12-10-16-33(38)35-22-20-30(24-40(35)48)44(4,5)6;1-24-9-13-35-30(17-24)31-18-25(2)10-14-36(31)43(35)39-23-42-40(21-34(39)29-8-6-5-7-28(29)22-41)44-37-15-11-26(3)19-32(37)33-20-27(4)12-16-38(33)44;;;/h2*7-25,27H,1-6H3;5-21,23H,1-4H3;3*1H4. The molecule has 12 heteroatoms. The number of benzene rings is 15. The van der Waals surface area contributed by atoms with Crippen LogP contribution in [-0.2, 0) is 21.7 Å². The maximum atomic E-state index is 10.3. The first-order chi connectivity index (χ1) is 67.5. The number of nitrogens with zero attached hydrogens (tertiary/aromatic N) is 12. The fourth-order valence-corrected chi connectivity index (χ4v) is 21.1. The van der Waals surface area contributed by atoms with Gasteiger partial charge in [-0.25, -0.2) is 15.0 Å². The first kappa shape index (κ1) is 95.0. The summed E-state index contributed by atoms with van der Waals surface area (Å²) in [7, 11) is 0. The summed E-state index contributed by atoms with van der Waals surface area (Å²) in [6.45, 7) is 35.6. The van der Waals surface area contributed by atoms with Gasteiger partial charge in [-0.2, -0.15) is 15.8 Å². The molecule has 0 spiro atoms. The Morgan fingerprint density at radius 2 is 0.406 bits per heavy atom. The van der Waals surface area contributed by atoms with Gasteiger partial charge in [0.05, 0.1) is 137 Å². The van der Waals surface area contributed by atoms with Gasteiger partial charge in [-0.05, 0) is 217 Å². The zero-order chi connectivity index (χ0) is 96.9. The molecule has 0 bridgehead atoms. The van der Waals surface area contributed by atoms with Crippen molar-refractivity contribution in [1.29, 1.82) is 15.8 Å². The van der Waals surface area contributed by atoms with Crippen LogP contribution in [0.3, 0.4) is 0 Å². The highest BCUT2D eigenvalue weighted by Gasteiger charge is 2.30. The van der Waals surface area contributed by atoms with E-state index in [1.54, 1.807) is 0 Å². The minimum absolute atomic E-state index is 0. The maximum Gasteiger partial charge on any atom is 0.138 e. The largest absolute Gasteiger partial charge is 0.307 e. The SMILES string of the molecule is C.C.C.CC(C)(C)c1ccc2c(c1)c1ccccc1n2-c1cc(-c2ccccc2C#N)c(-n2c3ccccc3c3cc(C(C)(C)C)ccc32)cn1.CC(C)(C)c1ccc2c3ccccc3n(-c3cc(-c4ccccc4C#N)c(-n4c5ccccc5c5ccc(C(C)(C)C)cc54)cn3)c2c1.Cc1ccc2c(c1)c1cc(C)ccc1n2-c1cc(-c2ccccc2C#N)c(-n2c3ccc(C)cc3c3cc(C)ccc32)cn1. The van der Waals surface area contributed by atoms with Crippen LogP contribution in [-0.4, -0.2) is 42.4 Å². The molecule has 24 aromatic rings. The molecule has 702 valence electrons. The second-order valence-corrected chi connectivity index (χ2v) is 41.7. The Kier molecular flexibility index (Phi) is 24.1. The van der Waals surface area contributed by atoms with Gasteiger partial charge in [-0.15, -0.1) is 0 Å². The van der Waals surface area contributed by atoms with Crippen LogP contribution in [0.15, 0.2) is 352 Å². The van der Waals surface area contributed by atoms with E-state index < -0.39 is 0 Å². The Bertz CT molecular complexity index is 9280. The van der Waals surface area contributed by atoms with E-state index in [9.17, 15) is 15.8 Å². The van der Waals surface area contributed by atoms with Crippen molar-refractivity contribution in [1.82, 2.24) is 42.4 Å². The molecule has 9 heterocycles. The lowest BCUT2D eigenvalue weighted by Crippen LogP contribution is -2.11. The summed E-state index contributed by atoms with van der Waals surface area (Å²) in [5, 5.41) is 45.3.